The molecule has 94 valence electrons. The topological polar surface area (TPSA) is 42.1 Å². The average molecular weight is 237 g/mol. The van der Waals surface area contributed by atoms with Gasteiger partial charge in [0.1, 0.15) is 5.82 Å². The molecule has 1 saturated heterocycles. The first kappa shape index (κ1) is 12.5. The van der Waals surface area contributed by atoms with E-state index in [1.165, 1.54) is 6.20 Å². The van der Waals surface area contributed by atoms with Gasteiger partial charge in [-0.15, -0.1) is 0 Å². The van der Waals surface area contributed by atoms with Gasteiger partial charge in [0.05, 0.1) is 6.20 Å². The van der Waals surface area contributed by atoms with E-state index >= 15 is 0 Å². The average Bonchev–Trinajstić information content (AvgIpc) is 2.53. The van der Waals surface area contributed by atoms with Gasteiger partial charge < -0.3 is 10.6 Å². The number of halogens is 1. The first-order valence-electron chi connectivity index (χ1n) is 6.32. The molecule has 2 N–H and O–H groups in total. The van der Waals surface area contributed by atoms with Gasteiger partial charge in [0.25, 0.3) is 0 Å². The summed E-state index contributed by atoms with van der Waals surface area (Å²) in [5.74, 6) is -0.195. The van der Waals surface area contributed by atoms with E-state index < -0.39 is 0 Å². The van der Waals surface area contributed by atoms with Gasteiger partial charge in [-0.2, -0.15) is 0 Å². The van der Waals surface area contributed by atoms with Crippen molar-refractivity contribution >= 4 is 0 Å². The summed E-state index contributed by atoms with van der Waals surface area (Å²) >= 11 is 0. The minimum absolute atomic E-state index is 0.195. The molecule has 0 radical (unpaired) electrons. The normalized spacial score (nSPS) is 22.4. The first-order chi connectivity index (χ1) is 8.25. The SMILES string of the molecule is NC1CCCN(CCc2ccncc2F)CC1. The van der Waals surface area contributed by atoms with E-state index in [0.29, 0.717) is 6.04 Å². The Morgan fingerprint density at radius 2 is 2.29 bits per heavy atom. The van der Waals surface area contributed by atoms with Gasteiger partial charge in [-0.3, -0.25) is 4.98 Å². The zero-order chi connectivity index (χ0) is 12.1. The fraction of sp³-hybridized carbons (Fsp3) is 0.615. The number of hydrogen-bond donors (Lipinski definition) is 1. The lowest BCUT2D eigenvalue weighted by atomic mass is 10.1. The van der Waals surface area contributed by atoms with Crippen LogP contribution in [0.4, 0.5) is 4.39 Å². The van der Waals surface area contributed by atoms with Crippen molar-refractivity contribution in [2.45, 2.75) is 31.7 Å². The second kappa shape index (κ2) is 6.07. The zero-order valence-corrected chi connectivity index (χ0v) is 10.1. The van der Waals surface area contributed by atoms with Gasteiger partial charge >= 0.3 is 0 Å². The highest BCUT2D eigenvalue weighted by atomic mass is 19.1. The first-order valence-corrected chi connectivity index (χ1v) is 6.32. The van der Waals surface area contributed by atoms with E-state index in [1.54, 1.807) is 12.3 Å². The highest BCUT2D eigenvalue weighted by Crippen LogP contribution is 2.11. The number of likely N-dealkylation sites (tertiary alicyclic amines) is 1. The van der Waals surface area contributed by atoms with Crippen molar-refractivity contribution in [3.05, 3.63) is 29.8 Å². The Hall–Kier alpha value is -1.00. The Bertz CT molecular complexity index is 356. The molecule has 1 fully saturated rings. The Kier molecular flexibility index (Phi) is 4.45. The molecule has 0 amide bonds. The monoisotopic (exact) mass is 237 g/mol. The maximum atomic E-state index is 13.4. The number of nitrogens with zero attached hydrogens (tertiary/aromatic N) is 2. The molecule has 4 heteroatoms. The largest absolute Gasteiger partial charge is 0.328 e. The summed E-state index contributed by atoms with van der Waals surface area (Å²) < 4.78 is 13.4. The van der Waals surface area contributed by atoms with Crippen LogP contribution in [0.3, 0.4) is 0 Å². The summed E-state index contributed by atoms with van der Waals surface area (Å²) in [4.78, 5) is 6.14. The number of pyridine rings is 1. The van der Waals surface area contributed by atoms with Crippen molar-refractivity contribution in [2.75, 3.05) is 19.6 Å². The van der Waals surface area contributed by atoms with E-state index in [1.807, 2.05) is 0 Å². The fourth-order valence-electron chi connectivity index (χ4n) is 2.29. The van der Waals surface area contributed by atoms with E-state index in [0.717, 1.165) is 50.9 Å². The second-order valence-electron chi connectivity index (χ2n) is 4.75. The van der Waals surface area contributed by atoms with E-state index in [4.69, 9.17) is 5.73 Å². The maximum absolute atomic E-state index is 13.4. The standard InChI is InChI=1S/C13H20FN3/c14-13-10-16-6-3-11(13)4-8-17-7-1-2-12(15)5-9-17/h3,6,10,12H,1-2,4-5,7-9,15H2. The zero-order valence-electron chi connectivity index (χ0n) is 10.1. The van der Waals surface area contributed by atoms with Crippen LogP contribution in [-0.4, -0.2) is 35.6 Å². The highest BCUT2D eigenvalue weighted by molar-refractivity contribution is 5.12. The third kappa shape index (κ3) is 3.75. The minimum Gasteiger partial charge on any atom is -0.328 e. The molecule has 17 heavy (non-hydrogen) atoms. The maximum Gasteiger partial charge on any atom is 0.144 e. The van der Waals surface area contributed by atoms with Gasteiger partial charge in [-0.25, -0.2) is 4.39 Å². The Balaban J connectivity index is 1.83. The molecule has 0 aromatic carbocycles. The van der Waals surface area contributed by atoms with Crippen LogP contribution >= 0.6 is 0 Å². The smallest absolute Gasteiger partial charge is 0.144 e. The van der Waals surface area contributed by atoms with Crippen LogP contribution in [-0.2, 0) is 6.42 Å². The van der Waals surface area contributed by atoms with E-state index in [9.17, 15) is 4.39 Å². The van der Waals surface area contributed by atoms with Crippen LogP contribution in [0.15, 0.2) is 18.5 Å². The molecule has 1 unspecified atom stereocenters. The van der Waals surface area contributed by atoms with Gasteiger partial charge in [0.2, 0.25) is 0 Å². The summed E-state index contributed by atoms with van der Waals surface area (Å²) in [7, 11) is 0. The third-order valence-electron chi connectivity index (χ3n) is 3.42. The molecule has 1 atom stereocenters. The van der Waals surface area contributed by atoms with Gasteiger partial charge in [0, 0.05) is 18.8 Å². The summed E-state index contributed by atoms with van der Waals surface area (Å²) in [5, 5.41) is 0. The molecule has 2 rings (SSSR count). The fourth-order valence-corrected chi connectivity index (χ4v) is 2.29. The molecule has 3 nitrogen and oxygen atoms in total. The van der Waals surface area contributed by atoms with Crippen molar-refractivity contribution in [3.8, 4) is 0 Å². The molecule has 0 saturated carbocycles. The molecule has 0 aliphatic carbocycles. The Morgan fingerprint density at radius 1 is 1.41 bits per heavy atom. The van der Waals surface area contributed by atoms with Crippen molar-refractivity contribution in [1.29, 1.82) is 0 Å². The van der Waals surface area contributed by atoms with Crippen molar-refractivity contribution in [2.24, 2.45) is 5.73 Å². The van der Waals surface area contributed by atoms with Crippen LogP contribution < -0.4 is 5.73 Å². The quantitative estimate of drug-likeness (QED) is 0.868. The molecular formula is C13H20FN3. The van der Waals surface area contributed by atoms with Crippen LogP contribution in [0, 0.1) is 5.82 Å². The lowest BCUT2D eigenvalue weighted by molar-refractivity contribution is 0.286. The summed E-state index contributed by atoms with van der Waals surface area (Å²) in [6.45, 7) is 3.03. The number of rotatable bonds is 3. The molecular weight excluding hydrogens is 217 g/mol. The lowest BCUT2D eigenvalue weighted by Crippen LogP contribution is -2.28. The molecule has 0 bridgehead atoms. The van der Waals surface area contributed by atoms with Crippen LogP contribution in [0.5, 0.6) is 0 Å². The van der Waals surface area contributed by atoms with Gasteiger partial charge in [-0.1, -0.05) is 0 Å². The number of nitrogens with two attached hydrogens (primary N) is 1. The van der Waals surface area contributed by atoms with E-state index in [-0.39, 0.29) is 5.82 Å². The molecule has 1 aromatic heterocycles. The molecule has 2 heterocycles. The predicted octanol–water partition coefficient (Wildman–Crippen LogP) is 1.58. The third-order valence-corrected chi connectivity index (χ3v) is 3.42. The van der Waals surface area contributed by atoms with E-state index in [2.05, 4.69) is 9.88 Å². The number of aromatic nitrogens is 1. The summed E-state index contributed by atoms with van der Waals surface area (Å²) in [6.07, 6.45) is 7.01. The summed E-state index contributed by atoms with van der Waals surface area (Å²) in [6, 6.07) is 2.11. The Morgan fingerprint density at radius 3 is 3.12 bits per heavy atom. The molecule has 1 aliphatic rings. The molecule has 0 spiro atoms. The summed E-state index contributed by atoms with van der Waals surface area (Å²) in [5.41, 5.74) is 6.69. The second-order valence-corrected chi connectivity index (χ2v) is 4.75. The van der Waals surface area contributed by atoms with Crippen LogP contribution in [0.1, 0.15) is 24.8 Å². The van der Waals surface area contributed by atoms with Gasteiger partial charge in [0.15, 0.2) is 0 Å². The van der Waals surface area contributed by atoms with Crippen LogP contribution in [0.25, 0.3) is 0 Å². The predicted molar refractivity (Wildman–Crippen MR) is 66.2 cm³/mol. The highest BCUT2D eigenvalue weighted by Gasteiger charge is 2.14. The van der Waals surface area contributed by atoms with Crippen LogP contribution in [0.2, 0.25) is 0 Å². The Labute approximate surface area is 102 Å². The van der Waals surface area contributed by atoms with Crippen molar-refractivity contribution < 1.29 is 4.39 Å². The number of hydrogen-bond acceptors (Lipinski definition) is 3. The minimum atomic E-state index is -0.195. The van der Waals surface area contributed by atoms with Crippen molar-refractivity contribution in [1.82, 2.24) is 9.88 Å². The molecule has 1 aliphatic heterocycles. The van der Waals surface area contributed by atoms with Gasteiger partial charge in [-0.05, 0) is 50.4 Å². The van der Waals surface area contributed by atoms with Crippen molar-refractivity contribution in [3.63, 3.8) is 0 Å². The lowest BCUT2D eigenvalue weighted by Gasteiger charge is -2.19. The molecule has 1 aromatic rings.